The van der Waals surface area contributed by atoms with Gasteiger partial charge in [-0.15, -0.1) is 11.3 Å². The molecule has 158 valence electrons. The third-order valence-corrected chi connectivity index (χ3v) is 7.23. The van der Waals surface area contributed by atoms with Gasteiger partial charge in [-0.05, 0) is 38.1 Å². The van der Waals surface area contributed by atoms with Crippen molar-refractivity contribution in [2.75, 3.05) is 11.5 Å². The Morgan fingerprint density at radius 3 is 2.45 bits per heavy atom. The Morgan fingerprint density at radius 2 is 1.81 bits per heavy atom. The smallest absolute Gasteiger partial charge is 0.298 e. The summed E-state index contributed by atoms with van der Waals surface area (Å²) in [6.07, 6.45) is 0. The molecule has 2 N–H and O–H groups in total. The number of thioether (sulfide) groups is 1. The van der Waals surface area contributed by atoms with Crippen LogP contribution in [0.4, 0.5) is 5.69 Å². The van der Waals surface area contributed by atoms with Crippen LogP contribution < -0.4 is 19.6 Å². The molecule has 31 heavy (non-hydrogen) atoms. The van der Waals surface area contributed by atoms with Gasteiger partial charge in [-0.1, -0.05) is 59.9 Å². The van der Waals surface area contributed by atoms with Crippen molar-refractivity contribution in [3.05, 3.63) is 74.8 Å². The second-order valence-electron chi connectivity index (χ2n) is 6.67. The van der Waals surface area contributed by atoms with Crippen molar-refractivity contribution >= 4 is 62.1 Å². The standard InChI is InChI=1S/C22H19N3O3S3/c1-3-28-21(27)16-18(23)24(14-7-5-4-6-8-14)20(30-16)17-19(26)25(22(29)31-17)15-11-9-13(2)10-12-15/h4-12,23,27H,3H2,1-2H3/b20-17?,21-16-,23-18?. The number of nitrogens with zero attached hydrogens (tertiary/aromatic N) is 2. The molecule has 0 atom stereocenters. The van der Waals surface area contributed by atoms with Crippen LogP contribution in [0.1, 0.15) is 12.5 Å². The highest BCUT2D eigenvalue weighted by Crippen LogP contribution is 2.35. The van der Waals surface area contributed by atoms with Crippen molar-refractivity contribution in [2.45, 2.75) is 13.8 Å². The maximum absolute atomic E-state index is 13.4. The van der Waals surface area contributed by atoms with Crippen LogP contribution in [0.2, 0.25) is 0 Å². The number of ether oxygens (including phenoxy) is 1. The lowest BCUT2D eigenvalue weighted by atomic mass is 10.2. The summed E-state index contributed by atoms with van der Waals surface area (Å²) in [5.74, 6) is -0.588. The fraction of sp³-hybridized carbons (Fsp3) is 0.136. The number of thiazole rings is 1. The van der Waals surface area contributed by atoms with Gasteiger partial charge >= 0.3 is 0 Å². The third kappa shape index (κ3) is 3.91. The molecule has 1 aromatic heterocycles. The largest absolute Gasteiger partial charge is 0.480 e. The van der Waals surface area contributed by atoms with Crippen LogP contribution in [-0.4, -0.2) is 26.5 Å². The number of hydrogen-bond acceptors (Lipinski definition) is 7. The molecule has 2 heterocycles. The molecule has 0 aliphatic carbocycles. The van der Waals surface area contributed by atoms with E-state index in [4.69, 9.17) is 22.4 Å². The molecule has 0 spiro atoms. The van der Waals surface area contributed by atoms with E-state index in [1.54, 1.807) is 11.5 Å². The van der Waals surface area contributed by atoms with Gasteiger partial charge in [0.1, 0.15) is 9.57 Å². The third-order valence-electron chi connectivity index (χ3n) is 4.59. The van der Waals surface area contributed by atoms with E-state index in [2.05, 4.69) is 0 Å². The van der Waals surface area contributed by atoms with Gasteiger partial charge in [-0.2, -0.15) is 0 Å². The normalized spacial score (nSPS) is 16.6. The first kappa shape index (κ1) is 21.4. The minimum Gasteiger partial charge on any atom is -0.480 e. The maximum Gasteiger partial charge on any atom is 0.298 e. The molecular weight excluding hydrogens is 450 g/mol. The molecular formula is C22H19N3O3S3. The van der Waals surface area contributed by atoms with Gasteiger partial charge in [0, 0.05) is 5.69 Å². The van der Waals surface area contributed by atoms with Crippen molar-refractivity contribution in [3.63, 3.8) is 0 Å². The van der Waals surface area contributed by atoms with Crippen molar-refractivity contribution in [2.24, 2.45) is 0 Å². The van der Waals surface area contributed by atoms with E-state index in [-0.39, 0.29) is 28.5 Å². The van der Waals surface area contributed by atoms with Crippen LogP contribution >= 0.6 is 35.3 Å². The molecule has 0 bridgehead atoms. The number of anilines is 1. The van der Waals surface area contributed by atoms with Crippen LogP contribution in [0.5, 0.6) is 0 Å². The topological polar surface area (TPSA) is 78.6 Å². The number of aliphatic hydroxyl groups is 1. The van der Waals surface area contributed by atoms with Gasteiger partial charge in [-0.3, -0.25) is 19.7 Å². The number of aliphatic hydroxyl groups excluding tert-OH is 1. The monoisotopic (exact) mass is 469 g/mol. The number of aryl methyl sites for hydroxylation is 1. The number of thiocarbonyl (C=S) groups is 1. The Kier molecular flexibility index (Phi) is 5.99. The first-order chi connectivity index (χ1) is 14.9. The Balaban J connectivity index is 1.99. The lowest BCUT2D eigenvalue weighted by molar-refractivity contribution is -0.112. The molecule has 0 radical (unpaired) electrons. The van der Waals surface area contributed by atoms with E-state index in [1.165, 1.54) is 16.7 Å². The second-order valence-corrected chi connectivity index (χ2v) is 9.31. The number of amides is 1. The number of rotatable bonds is 4. The average Bonchev–Trinajstić information content (AvgIpc) is 3.25. The molecule has 3 aromatic rings. The van der Waals surface area contributed by atoms with Gasteiger partial charge in [0.25, 0.3) is 11.9 Å². The van der Waals surface area contributed by atoms with Crippen molar-refractivity contribution in [1.82, 2.24) is 4.57 Å². The van der Waals surface area contributed by atoms with E-state index in [1.807, 2.05) is 61.5 Å². The van der Waals surface area contributed by atoms with E-state index >= 15 is 0 Å². The Morgan fingerprint density at radius 1 is 1.13 bits per heavy atom. The lowest BCUT2D eigenvalue weighted by Gasteiger charge is -2.14. The van der Waals surface area contributed by atoms with Gasteiger partial charge in [-0.25, -0.2) is 0 Å². The van der Waals surface area contributed by atoms with E-state index in [9.17, 15) is 9.90 Å². The molecule has 0 unspecified atom stereocenters. The molecule has 1 amide bonds. The predicted molar refractivity (Wildman–Crippen MR) is 129 cm³/mol. The van der Waals surface area contributed by atoms with Gasteiger partial charge in [0.05, 0.1) is 12.3 Å². The molecule has 9 heteroatoms. The fourth-order valence-corrected chi connectivity index (χ4v) is 5.62. The summed E-state index contributed by atoms with van der Waals surface area (Å²) < 4.78 is 8.06. The number of aromatic nitrogens is 1. The first-order valence-corrected chi connectivity index (χ1v) is 11.5. The van der Waals surface area contributed by atoms with Crippen molar-refractivity contribution < 1.29 is 14.6 Å². The summed E-state index contributed by atoms with van der Waals surface area (Å²) in [5, 5.41) is 19.0. The Bertz CT molecular complexity index is 1340. The number of hydrogen-bond donors (Lipinski definition) is 2. The first-order valence-electron chi connectivity index (χ1n) is 9.47. The molecule has 6 nitrogen and oxygen atoms in total. The number of benzene rings is 2. The van der Waals surface area contributed by atoms with Crippen molar-refractivity contribution in [3.8, 4) is 5.69 Å². The molecule has 1 aliphatic heterocycles. The summed E-state index contributed by atoms with van der Waals surface area (Å²) in [6, 6.07) is 16.8. The maximum atomic E-state index is 13.4. The lowest BCUT2D eigenvalue weighted by Crippen LogP contribution is -2.33. The van der Waals surface area contributed by atoms with E-state index < -0.39 is 0 Å². The van der Waals surface area contributed by atoms with Crippen LogP contribution in [0.3, 0.4) is 0 Å². The van der Waals surface area contributed by atoms with E-state index in [0.29, 0.717) is 25.3 Å². The average molecular weight is 470 g/mol. The van der Waals surface area contributed by atoms with Crippen LogP contribution in [0.25, 0.3) is 16.5 Å². The van der Waals surface area contributed by atoms with E-state index in [0.717, 1.165) is 16.9 Å². The molecule has 1 fully saturated rings. The van der Waals surface area contributed by atoms with Gasteiger partial charge in [0.2, 0.25) is 0 Å². The summed E-state index contributed by atoms with van der Waals surface area (Å²) in [6.45, 7) is 4.00. The minimum absolute atomic E-state index is 0.0396. The Labute approximate surface area is 192 Å². The molecule has 0 saturated carbocycles. The zero-order chi connectivity index (χ0) is 22.1. The van der Waals surface area contributed by atoms with Gasteiger partial charge < -0.3 is 9.84 Å². The highest BCUT2D eigenvalue weighted by Gasteiger charge is 2.35. The summed E-state index contributed by atoms with van der Waals surface area (Å²) in [5.41, 5.74) is 2.53. The number of carbonyl (C=O) groups excluding carboxylic acids is 1. The van der Waals surface area contributed by atoms with Crippen LogP contribution in [0.15, 0.2) is 54.6 Å². The van der Waals surface area contributed by atoms with Crippen LogP contribution in [0, 0.1) is 12.3 Å². The van der Waals surface area contributed by atoms with Gasteiger partial charge in [0.15, 0.2) is 14.3 Å². The summed E-state index contributed by atoms with van der Waals surface area (Å²) in [4.78, 5) is 15.3. The predicted octanol–water partition coefficient (Wildman–Crippen LogP) is 3.16. The molecule has 1 aliphatic rings. The molecule has 1 saturated heterocycles. The second kappa shape index (κ2) is 8.70. The number of carbonyl (C=O) groups is 1. The molecule has 2 aromatic carbocycles. The number of nitrogens with one attached hydrogen (secondary N) is 1. The highest BCUT2D eigenvalue weighted by molar-refractivity contribution is 8.31. The number of para-hydroxylation sites is 1. The molecule has 4 rings (SSSR count). The quantitative estimate of drug-likeness (QED) is 0.574. The SMILES string of the molecule is CCO/C(O)=c1\sc(=C2SC(=S)N(c3ccc(C)cc3)C2=O)n(-c2ccccc2)c1=N. The zero-order valence-electron chi connectivity index (χ0n) is 16.8. The van der Waals surface area contributed by atoms with Crippen LogP contribution in [-0.2, 0) is 9.53 Å². The summed E-state index contributed by atoms with van der Waals surface area (Å²) >= 11 is 7.84. The zero-order valence-corrected chi connectivity index (χ0v) is 19.2. The van der Waals surface area contributed by atoms with Crippen molar-refractivity contribution in [1.29, 1.82) is 5.41 Å². The minimum atomic E-state index is -0.331. The highest BCUT2D eigenvalue weighted by atomic mass is 32.2. The fourth-order valence-electron chi connectivity index (χ4n) is 3.12. The summed E-state index contributed by atoms with van der Waals surface area (Å²) in [7, 11) is 0. The Hall–Kier alpha value is -2.88.